The van der Waals surface area contributed by atoms with Gasteiger partial charge in [-0.3, -0.25) is 0 Å². The number of epoxide rings is 3. The molecule has 0 aliphatic carbocycles. The van der Waals surface area contributed by atoms with E-state index < -0.39 is 0 Å². The summed E-state index contributed by atoms with van der Waals surface area (Å²) in [5, 5.41) is 27.1. The molecule has 712 valence electrons. The molecule has 0 saturated carbocycles. The molecule has 8 heteroatoms. The van der Waals surface area contributed by atoms with Crippen LogP contribution in [0.4, 0.5) is 0 Å². The van der Waals surface area contributed by atoms with Gasteiger partial charge in [0, 0.05) is 47.9 Å². The highest BCUT2D eigenvalue weighted by Gasteiger charge is 2.30. The maximum absolute atomic E-state index is 13.6. The Morgan fingerprint density at radius 2 is 0.468 bits per heavy atom. The number of benzene rings is 5. The standard InChI is InChI=1S/C118H192O8/c1-6-11-16-21-26-31-36-41-46-51-56-61-66-72-98-79-80-103(115(87-98)125-96-108-93-122-108)88-111-100(74-68-63-58-53-48-43-38-33-28-23-18-13-8-3)82-85-105(117(111)120)90-113-102(76-70-65-60-55-50-45-40-35-30-25-20-15-10-5)83-86-106(118(113)126-97-109-94-123-109)91-112-101(75-69-64-59-54-49-44-39-34-29-24-19-14-9-4)81-84-104(116(112)119)89-110-99(77-71-78-114(110)124-95-107-92-121-107)73-67-62-57-52-47-42-37-32-27-22-17-12-7-2/h71,77-87,107-109,119-120H,6-70,72-76,88-97H2,1-5H3. The fourth-order valence-corrected chi connectivity index (χ4v) is 19.8. The van der Waals surface area contributed by atoms with Crippen LogP contribution in [0.25, 0.3) is 0 Å². The van der Waals surface area contributed by atoms with Crippen molar-refractivity contribution in [3.05, 3.63) is 145 Å². The molecule has 0 amide bonds. The highest BCUT2D eigenvalue weighted by atomic mass is 16.6. The number of phenols is 2. The lowest BCUT2D eigenvalue weighted by molar-refractivity contribution is 0.259. The number of hydrogen-bond donors (Lipinski definition) is 2. The predicted molar refractivity (Wildman–Crippen MR) is 539 cm³/mol. The first kappa shape index (κ1) is 106. The second-order valence-electron chi connectivity index (χ2n) is 39.9. The molecule has 2 N–H and O–H groups in total. The van der Waals surface area contributed by atoms with Crippen molar-refractivity contribution in [1.82, 2.24) is 0 Å². The van der Waals surface area contributed by atoms with E-state index in [4.69, 9.17) is 28.4 Å². The summed E-state index contributed by atoms with van der Waals surface area (Å²) >= 11 is 0. The summed E-state index contributed by atoms with van der Waals surface area (Å²) in [5.74, 6) is 3.58. The second-order valence-corrected chi connectivity index (χ2v) is 39.9. The maximum Gasteiger partial charge on any atom is 0.126 e. The Bertz CT molecular complexity index is 3500. The number of ether oxygens (including phenoxy) is 6. The van der Waals surface area contributed by atoms with E-state index in [-0.39, 0.29) is 18.3 Å². The third kappa shape index (κ3) is 46.9. The lowest BCUT2D eigenvalue weighted by Crippen LogP contribution is -2.12. The molecule has 0 spiro atoms. The van der Waals surface area contributed by atoms with Gasteiger partial charge in [0.05, 0.1) is 19.8 Å². The van der Waals surface area contributed by atoms with Crippen LogP contribution in [0, 0.1) is 0 Å². The molecule has 0 aromatic heterocycles. The van der Waals surface area contributed by atoms with Gasteiger partial charge in [-0.1, -0.05) is 481 Å². The normalized spacial score (nSPS) is 14.7. The van der Waals surface area contributed by atoms with Gasteiger partial charge in [0.2, 0.25) is 0 Å². The fourth-order valence-electron chi connectivity index (χ4n) is 19.8. The van der Waals surface area contributed by atoms with Crippen molar-refractivity contribution in [3.8, 4) is 28.7 Å². The molecular weight excluding hydrogens is 1550 g/mol. The van der Waals surface area contributed by atoms with Crippen LogP contribution in [0.1, 0.15) is 524 Å². The van der Waals surface area contributed by atoms with Crippen molar-refractivity contribution in [1.29, 1.82) is 0 Å². The Morgan fingerprint density at radius 1 is 0.230 bits per heavy atom. The number of aromatic hydroxyl groups is 2. The number of phenolic OH excluding ortho intramolecular Hbond substituents is 2. The summed E-state index contributed by atoms with van der Waals surface area (Å²) in [5.41, 5.74) is 15.0. The zero-order valence-electron chi connectivity index (χ0n) is 82.6. The molecule has 5 aromatic rings. The molecule has 8 rings (SSSR count). The van der Waals surface area contributed by atoms with Crippen molar-refractivity contribution < 1.29 is 38.6 Å². The Balaban J connectivity index is 1.10. The summed E-state index contributed by atoms with van der Waals surface area (Å²) in [6.45, 7) is 15.3. The van der Waals surface area contributed by atoms with Crippen LogP contribution in [-0.2, 0) is 72.0 Å². The zero-order valence-corrected chi connectivity index (χ0v) is 82.6. The summed E-state index contributed by atoms with van der Waals surface area (Å²) < 4.78 is 38.6. The molecule has 0 bridgehead atoms. The third-order valence-corrected chi connectivity index (χ3v) is 28.4. The lowest BCUT2D eigenvalue weighted by Gasteiger charge is -2.23. The average molecular weight is 1740 g/mol. The van der Waals surface area contributed by atoms with Gasteiger partial charge >= 0.3 is 0 Å². The van der Waals surface area contributed by atoms with Crippen LogP contribution >= 0.6 is 0 Å². The van der Waals surface area contributed by atoms with Crippen LogP contribution in [0.2, 0.25) is 0 Å². The minimum Gasteiger partial charge on any atom is -0.507 e. The molecule has 3 heterocycles. The van der Waals surface area contributed by atoms with E-state index in [0.717, 1.165) is 122 Å². The molecule has 8 nitrogen and oxygen atoms in total. The first-order valence-corrected chi connectivity index (χ1v) is 55.0. The van der Waals surface area contributed by atoms with Gasteiger partial charge in [0.25, 0.3) is 0 Å². The maximum atomic E-state index is 13.6. The Kier molecular flexibility index (Phi) is 58.9. The number of unbranched alkanes of at least 4 members (excludes halogenated alkanes) is 60. The van der Waals surface area contributed by atoms with E-state index in [1.54, 1.807) is 0 Å². The third-order valence-electron chi connectivity index (χ3n) is 28.4. The van der Waals surface area contributed by atoms with Crippen LogP contribution in [0.15, 0.2) is 72.8 Å². The molecule has 0 radical (unpaired) electrons. The van der Waals surface area contributed by atoms with Crippen molar-refractivity contribution in [2.75, 3.05) is 39.6 Å². The average Bonchev–Trinajstić information content (AvgIpc) is 1.65. The smallest absolute Gasteiger partial charge is 0.126 e. The molecule has 3 fully saturated rings. The van der Waals surface area contributed by atoms with Gasteiger partial charge in [-0.2, -0.15) is 0 Å². The van der Waals surface area contributed by atoms with Gasteiger partial charge in [-0.05, 0) is 126 Å². The highest BCUT2D eigenvalue weighted by molar-refractivity contribution is 5.58. The van der Waals surface area contributed by atoms with Gasteiger partial charge in [-0.25, -0.2) is 0 Å². The van der Waals surface area contributed by atoms with Gasteiger partial charge < -0.3 is 38.6 Å². The molecule has 3 atom stereocenters. The molecule has 5 aromatic carbocycles. The van der Waals surface area contributed by atoms with Crippen molar-refractivity contribution in [3.63, 3.8) is 0 Å². The van der Waals surface area contributed by atoms with Crippen molar-refractivity contribution in [2.24, 2.45) is 0 Å². The van der Waals surface area contributed by atoms with E-state index in [2.05, 4.69) is 107 Å². The van der Waals surface area contributed by atoms with Crippen molar-refractivity contribution in [2.45, 2.75) is 528 Å². The minimum absolute atomic E-state index is 0.0361. The van der Waals surface area contributed by atoms with E-state index in [1.165, 1.54) is 431 Å². The van der Waals surface area contributed by atoms with Crippen LogP contribution in [0.3, 0.4) is 0 Å². The van der Waals surface area contributed by atoms with E-state index >= 15 is 0 Å². The summed E-state index contributed by atoms with van der Waals surface area (Å²) in [4.78, 5) is 0. The number of hydrogen-bond acceptors (Lipinski definition) is 8. The molecule has 3 aliphatic heterocycles. The Morgan fingerprint density at radius 3 is 0.794 bits per heavy atom. The molecule has 3 saturated heterocycles. The van der Waals surface area contributed by atoms with E-state index in [1.807, 2.05) is 0 Å². The largest absolute Gasteiger partial charge is 0.507 e. The summed E-state index contributed by atoms with van der Waals surface area (Å²) in [6.07, 6.45) is 93.7. The van der Waals surface area contributed by atoms with E-state index in [0.29, 0.717) is 63.6 Å². The van der Waals surface area contributed by atoms with Crippen LogP contribution in [0.5, 0.6) is 28.7 Å². The number of aryl methyl sites for hydroxylation is 5. The second kappa shape index (κ2) is 69.8. The molecule has 3 aliphatic rings. The highest BCUT2D eigenvalue weighted by Crippen LogP contribution is 2.43. The van der Waals surface area contributed by atoms with Gasteiger partial charge in [0.1, 0.15) is 66.9 Å². The van der Waals surface area contributed by atoms with Crippen molar-refractivity contribution >= 4 is 0 Å². The zero-order chi connectivity index (χ0) is 88.4. The monoisotopic (exact) mass is 1740 g/mol. The topological polar surface area (TPSA) is 106 Å². The first-order chi connectivity index (χ1) is 62.3. The quantitative estimate of drug-likeness (QED) is 0.0293. The molecule has 126 heavy (non-hydrogen) atoms. The molecule has 3 unspecified atom stereocenters. The SMILES string of the molecule is CCCCCCCCCCCCCCCc1ccc(Cc2c(CCCCCCCCCCCCCCC)ccc(Cc3c(CCCCCCCCCCCCCCC)ccc(Cc4c(CCCCCCCCCCCCCCC)ccc(Cc5c(CCCCCCCCCCCCCCC)cccc5OCC5CO5)c4O)c3OCC3CO3)c2O)c(OCC2CO2)c1. The fraction of sp³-hybridized carbons (Fsp3) is 0.746. The first-order valence-electron chi connectivity index (χ1n) is 55.0. The summed E-state index contributed by atoms with van der Waals surface area (Å²) in [7, 11) is 0. The Labute approximate surface area is 775 Å². The van der Waals surface area contributed by atoms with Gasteiger partial charge in [-0.15, -0.1) is 0 Å². The molecular formula is C118H192O8. The van der Waals surface area contributed by atoms with E-state index in [9.17, 15) is 10.2 Å². The lowest BCUT2D eigenvalue weighted by atomic mass is 9.86. The minimum atomic E-state index is 0.0361. The van der Waals surface area contributed by atoms with Crippen LogP contribution in [-0.4, -0.2) is 68.2 Å². The van der Waals surface area contributed by atoms with Crippen LogP contribution < -0.4 is 14.2 Å². The predicted octanol–water partition coefficient (Wildman–Crippen LogP) is 35.0. The summed E-state index contributed by atoms with van der Waals surface area (Å²) in [6, 6.07) is 27.8. The van der Waals surface area contributed by atoms with Gasteiger partial charge in [0.15, 0.2) is 0 Å². The number of rotatable bonds is 87. The Hall–Kier alpha value is -5.02.